The van der Waals surface area contributed by atoms with Crippen molar-refractivity contribution in [3.05, 3.63) is 125 Å². The molecular formula is C90H127N23O31. The van der Waals surface area contributed by atoms with Gasteiger partial charge in [-0.25, -0.2) is 29.3 Å². The number of rotatable bonds is 72. The number of carbonyl (C=O) groups is 19. The van der Waals surface area contributed by atoms with Crippen LogP contribution in [0.2, 0.25) is 0 Å². The fraction of sp³-hybridized carbons (Fsp3) is 0.533. The summed E-state index contributed by atoms with van der Waals surface area (Å²) in [6.45, 7) is 5.93. The molecule has 0 aliphatic rings. The number of ether oxygens (including phenoxy) is 2. The zero-order valence-corrected chi connectivity index (χ0v) is 79.7. The number of carbonyl (C=O) groups excluding carboxylic acids is 11. The van der Waals surface area contributed by atoms with Gasteiger partial charge in [0.05, 0.1) is 88.3 Å². The van der Waals surface area contributed by atoms with Crippen LogP contribution >= 0.6 is 0 Å². The molecule has 4 heterocycles. The highest BCUT2D eigenvalue weighted by molar-refractivity contribution is 5.98. The number of amides is 12. The Morgan fingerprint density at radius 2 is 0.799 bits per heavy atom. The molecule has 54 nitrogen and oxygen atoms in total. The molecule has 788 valence electrons. The van der Waals surface area contributed by atoms with Crippen LogP contribution in [-0.2, 0) is 154 Å². The molecule has 54 heteroatoms. The molecule has 8 unspecified atom stereocenters. The molecular weight excluding hydrogens is 1900 g/mol. The van der Waals surface area contributed by atoms with Crippen molar-refractivity contribution in [1.82, 2.24) is 118 Å². The number of aliphatic carboxylic acids is 8. The van der Waals surface area contributed by atoms with E-state index in [0.717, 1.165) is 0 Å². The molecule has 6 aromatic rings. The predicted octanol–water partition coefficient (Wildman–Crippen LogP) is -2.42. The maximum atomic E-state index is 14.6. The Labute approximate surface area is 824 Å². The molecule has 12 amide bonds. The number of aromatic amines is 3. The number of nitrogens with zero attached hydrogens (tertiary/aromatic N) is 8. The first kappa shape index (κ1) is 117. The molecule has 4 aromatic heterocycles. The predicted molar refractivity (Wildman–Crippen MR) is 499 cm³/mol. The van der Waals surface area contributed by atoms with E-state index in [4.69, 9.17) is 14.6 Å². The molecule has 0 bridgehead atoms. The molecule has 0 saturated heterocycles. The van der Waals surface area contributed by atoms with Gasteiger partial charge >= 0.3 is 53.8 Å². The zero-order chi connectivity index (χ0) is 106. The van der Waals surface area contributed by atoms with Crippen LogP contribution in [0, 0.1) is 5.41 Å². The quantitative estimate of drug-likeness (QED) is 0.0177. The number of nitrogens with one attached hydrogen (secondary N) is 15. The highest BCUT2D eigenvalue weighted by atomic mass is 16.5. The van der Waals surface area contributed by atoms with E-state index in [9.17, 15) is 137 Å². The molecule has 0 spiro atoms. The minimum atomic E-state index is -1.88. The van der Waals surface area contributed by atoms with Gasteiger partial charge in [0, 0.05) is 152 Å². The Balaban J connectivity index is 1.00. The second-order valence-electron chi connectivity index (χ2n) is 34.6. The van der Waals surface area contributed by atoms with Crippen LogP contribution in [0.1, 0.15) is 169 Å². The third-order valence-corrected chi connectivity index (χ3v) is 21.8. The largest absolute Gasteiger partial charge is 0.508 e. The van der Waals surface area contributed by atoms with Crippen LogP contribution in [0.5, 0.6) is 11.5 Å². The SMILES string of the molecule is CC(C)(C)C(=O)NCCOCCOCCNC(=O)CCc1ccc(O)c(CN(CCN(CC(=O)O)Cc2cc(CCC(=O)NCc3cn(CCCCC(=O)NC(CCC(=O)O)C(=O)NC(Cc4c[nH]cn4)C(=O)NC(CCC(=O)O)C(=O)NC(Cc4c[nH]cn4)C(=O)NC(CCC(=O)O)C(=O)NC(Cc4c[nH]cn4)C(=O)NCCCCC(NC(=O)NC(CCC(=O)O)C(=O)O)C(=O)O)nn3)ccc2O)CC(=O)O)c1. The number of unbranched alkanes of at least 4 members (excludes halogenated alkanes) is 2. The number of aromatic nitrogens is 9. The third-order valence-electron chi connectivity index (χ3n) is 21.8. The van der Waals surface area contributed by atoms with Crippen molar-refractivity contribution >= 4 is 113 Å². The van der Waals surface area contributed by atoms with Gasteiger partial charge in [0.2, 0.25) is 59.1 Å². The summed E-state index contributed by atoms with van der Waals surface area (Å²) in [4.78, 5) is 269. The summed E-state index contributed by atoms with van der Waals surface area (Å²) in [7, 11) is 0. The normalized spacial score (nSPS) is 12.9. The van der Waals surface area contributed by atoms with Crippen molar-refractivity contribution in [2.75, 3.05) is 72.2 Å². The lowest BCUT2D eigenvalue weighted by molar-refractivity contribution is -0.141. The number of aromatic hydroxyl groups is 2. The second-order valence-corrected chi connectivity index (χ2v) is 34.6. The van der Waals surface area contributed by atoms with E-state index in [2.05, 4.69) is 98.7 Å². The molecule has 8 atom stereocenters. The summed E-state index contributed by atoms with van der Waals surface area (Å²) in [6.07, 6.45) is 3.28. The number of carboxylic acid groups (broad SMARTS) is 8. The molecule has 2 aromatic carbocycles. The zero-order valence-electron chi connectivity index (χ0n) is 79.7. The van der Waals surface area contributed by atoms with Crippen molar-refractivity contribution in [3.63, 3.8) is 0 Å². The van der Waals surface area contributed by atoms with Crippen LogP contribution in [-0.4, -0.2) is 339 Å². The van der Waals surface area contributed by atoms with Crippen LogP contribution in [0.3, 0.4) is 0 Å². The number of urea groups is 1. The van der Waals surface area contributed by atoms with Crippen LogP contribution < -0.4 is 63.8 Å². The molecule has 0 fully saturated rings. The number of aryl methyl sites for hydroxylation is 3. The van der Waals surface area contributed by atoms with E-state index < -0.39 is 232 Å². The van der Waals surface area contributed by atoms with Crippen LogP contribution in [0.4, 0.5) is 4.79 Å². The number of hydrogen-bond acceptors (Lipinski definition) is 30. The lowest BCUT2D eigenvalue weighted by atomic mass is 9.96. The fourth-order valence-electron chi connectivity index (χ4n) is 14.1. The van der Waals surface area contributed by atoms with Crippen LogP contribution in [0.25, 0.3) is 0 Å². The van der Waals surface area contributed by atoms with Gasteiger partial charge in [0.15, 0.2) is 0 Å². The molecule has 0 aliphatic heterocycles. The first-order valence-corrected chi connectivity index (χ1v) is 46.2. The Kier molecular flexibility index (Phi) is 50.3. The number of H-pyrrole nitrogens is 3. The van der Waals surface area contributed by atoms with Gasteiger partial charge < -0.3 is 139 Å². The van der Waals surface area contributed by atoms with E-state index in [0.29, 0.717) is 47.7 Å². The van der Waals surface area contributed by atoms with E-state index in [1.807, 2.05) is 26.1 Å². The summed E-state index contributed by atoms with van der Waals surface area (Å²) in [6, 6.07) is -5.48. The van der Waals surface area contributed by atoms with E-state index in [1.165, 1.54) is 64.2 Å². The maximum Gasteiger partial charge on any atom is 0.326 e. The molecule has 0 saturated carbocycles. The van der Waals surface area contributed by atoms with E-state index in [-0.39, 0.29) is 177 Å². The smallest absolute Gasteiger partial charge is 0.326 e. The van der Waals surface area contributed by atoms with Gasteiger partial charge in [-0.2, -0.15) is 0 Å². The Morgan fingerprint density at radius 3 is 1.22 bits per heavy atom. The Hall–Kier alpha value is -15.6. The highest BCUT2D eigenvalue weighted by Crippen LogP contribution is 2.25. The van der Waals surface area contributed by atoms with Crippen molar-refractivity contribution in [3.8, 4) is 11.5 Å². The van der Waals surface area contributed by atoms with E-state index >= 15 is 0 Å². The first-order chi connectivity index (χ1) is 68.4. The number of imidazole rings is 3. The molecule has 0 radical (unpaired) electrons. The molecule has 0 aliphatic carbocycles. The lowest BCUT2D eigenvalue weighted by Gasteiger charge is -2.27. The van der Waals surface area contributed by atoms with Gasteiger partial charge in [0.25, 0.3) is 0 Å². The first-order valence-electron chi connectivity index (χ1n) is 46.2. The third kappa shape index (κ3) is 46.6. The number of carboxylic acids is 8. The van der Waals surface area contributed by atoms with Gasteiger partial charge in [-0.1, -0.05) is 50.3 Å². The monoisotopic (exact) mass is 2030 g/mol. The number of hydrogen-bond donors (Lipinski definition) is 25. The van der Waals surface area contributed by atoms with E-state index in [1.54, 1.807) is 30.5 Å². The van der Waals surface area contributed by atoms with Gasteiger partial charge in [0.1, 0.15) is 65.5 Å². The lowest BCUT2D eigenvalue weighted by Crippen LogP contribution is -2.60. The maximum absolute atomic E-state index is 14.6. The summed E-state index contributed by atoms with van der Waals surface area (Å²) in [5.74, 6) is -19.6. The topological polar surface area (TPSA) is 813 Å². The molecule has 6 rings (SSSR count). The second kappa shape index (κ2) is 61.8. The molecule has 144 heavy (non-hydrogen) atoms. The number of phenols is 2. The minimum Gasteiger partial charge on any atom is -0.508 e. The van der Waals surface area contributed by atoms with Crippen molar-refractivity contribution in [2.45, 2.75) is 230 Å². The number of phenolic OH excluding ortho intramolecular Hbond substituents is 2. The van der Waals surface area contributed by atoms with Crippen LogP contribution in [0.15, 0.2) is 80.2 Å². The minimum absolute atomic E-state index is 0.000735. The van der Waals surface area contributed by atoms with Crippen molar-refractivity contribution < 1.29 is 152 Å². The summed E-state index contributed by atoms with van der Waals surface area (Å²) >= 11 is 0. The number of benzene rings is 2. The standard InChI is InChI=1S/C90H127N23O31/c1-90(2,3)88(141)96-28-33-144-35-34-143-32-27-94-71(116)20-12-53-10-18-69(114)55(36-53)45-111(48-78(127)128)30-31-112(49-79(129)130)46-56-37-54(11-19-70(56)115)13-21-72(117)97-44-60-47-113(110-109-60)29-7-5-9-73(118)101-61(14-22-74(119)120)81(132)105-67(39-58-42-92-51-99-58)84(135)103-63(16-24-76(123)124)83(134)106-68(40-59-43-93-52-100-59)85(136)102-62(15-23-75(121)122)82(133)104-66(38-57-41-91-50-98-57)80(131)95-26-6-4-8-64(86(137)138)107-89(142)108-65(87(139)140)17-25-77(125)126/h10-11,18-19,36-37,41-43,47,50-52,61-68,114-115H,4-9,12-17,20-35,38-40,44-46,48-49H2,1-3H3,(H,91,98)(H,92,99)(H,93,100)(H,94,116)(H,95,131)(H,96,141)(H,97,117)(H,101,118)(H,102,136)(H,103,135)(H,104,133)(H,105,132)(H,106,134)(H,119,120)(H,121,122)(H,123,124)(H,125,126)(H,127,128)(H,129,130)(H,137,138)(H,139,140)(H2,107,108,142). The van der Waals surface area contributed by atoms with Gasteiger partial charge in [-0.15, -0.1) is 5.10 Å². The van der Waals surface area contributed by atoms with Crippen molar-refractivity contribution in [1.29, 1.82) is 0 Å². The summed E-state index contributed by atoms with van der Waals surface area (Å²) < 4.78 is 12.4. The molecule has 25 N–H and O–H groups in total. The average molecular weight is 2030 g/mol. The van der Waals surface area contributed by atoms with Gasteiger partial charge in [-0.3, -0.25) is 91.2 Å². The average Bonchev–Trinajstić information content (AvgIpc) is 1.28. The highest BCUT2D eigenvalue weighted by Gasteiger charge is 2.37. The fourth-order valence-corrected chi connectivity index (χ4v) is 14.1. The summed E-state index contributed by atoms with van der Waals surface area (Å²) in [5.41, 5.74) is 2.26. The summed E-state index contributed by atoms with van der Waals surface area (Å²) in [5, 5.41) is 137. The van der Waals surface area contributed by atoms with Gasteiger partial charge in [-0.05, 0) is 93.9 Å². The Morgan fingerprint density at radius 1 is 0.396 bits per heavy atom. The Bertz CT molecular complexity index is 5250. The van der Waals surface area contributed by atoms with Crippen molar-refractivity contribution in [2.24, 2.45) is 5.41 Å².